The second-order valence-corrected chi connectivity index (χ2v) is 6.58. The number of urea groups is 1. The predicted octanol–water partition coefficient (Wildman–Crippen LogP) is 2.40. The summed E-state index contributed by atoms with van der Waals surface area (Å²) in [6.07, 6.45) is 2.41. The standard InChI is InChI=1S/C18H28N2O3/c1-13(2)11-23-12-15(21)10-19-18(22)20-17-9-5-7-14-6-3-4-8-16(14)17/h3-4,6,8,13,15,17,21H,5,7,9-12H2,1-2H3,(H2,19,20,22). The second kappa shape index (κ2) is 8.89. The van der Waals surface area contributed by atoms with E-state index >= 15 is 0 Å². The number of aryl methyl sites for hydroxylation is 1. The molecule has 0 saturated heterocycles. The van der Waals surface area contributed by atoms with Gasteiger partial charge in [-0.25, -0.2) is 4.79 Å². The molecular weight excluding hydrogens is 292 g/mol. The molecule has 23 heavy (non-hydrogen) atoms. The van der Waals surface area contributed by atoms with Crippen molar-refractivity contribution in [1.29, 1.82) is 0 Å². The molecule has 1 aliphatic carbocycles. The molecule has 5 heteroatoms. The van der Waals surface area contributed by atoms with Crippen LogP contribution in [0.5, 0.6) is 0 Å². The van der Waals surface area contributed by atoms with Crippen LogP contribution in [-0.4, -0.2) is 37.0 Å². The Balaban J connectivity index is 1.73. The first kappa shape index (κ1) is 17.8. The van der Waals surface area contributed by atoms with Crippen molar-refractivity contribution in [3.05, 3.63) is 35.4 Å². The Labute approximate surface area is 138 Å². The van der Waals surface area contributed by atoms with E-state index in [1.54, 1.807) is 0 Å². The normalized spacial score (nSPS) is 18.3. The number of rotatable bonds is 7. The summed E-state index contributed by atoms with van der Waals surface area (Å²) in [6.45, 7) is 5.16. The predicted molar refractivity (Wildman–Crippen MR) is 90.3 cm³/mol. The van der Waals surface area contributed by atoms with E-state index in [2.05, 4.69) is 36.6 Å². The lowest BCUT2D eigenvalue weighted by Crippen LogP contribution is -2.43. The number of aliphatic hydroxyl groups excluding tert-OH is 1. The van der Waals surface area contributed by atoms with Crippen LogP contribution in [0, 0.1) is 5.92 Å². The zero-order valence-corrected chi connectivity index (χ0v) is 14.0. The van der Waals surface area contributed by atoms with Gasteiger partial charge >= 0.3 is 6.03 Å². The number of carbonyl (C=O) groups is 1. The van der Waals surface area contributed by atoms with Gasteiger partial charge in [0.25, 0.3) is 0 Å². The highest BCUT2D eigenvalue weighted by Gasteiger charge is 2.21. The van der Waals surface area contributed by atoms with Crippen molar-refractivity contribution in [2.24, 2.45) is 5.92 Å². The van der Waals surface area contributed by atoms with Crippen LogP contribution in [0.1, 0.15) is 43.9 Å². The number of fused-ring (bicyclic) bond motifs is 1. The van der Waals surface area contributed by atoms with Crippen molar-refractivity contribution in [2.75, 3.05) is 19.8 Å². The number of nitrogens with one attached hydrogen (secondary N) is 2. The third-order valence-corrected chi connectivity index (χ3v) is 3.93. The monoisotopic (exact) mass is 320 g/mol. The summed E-state index contributed by atoms with van der Waals surface area (Å²) in [4.78, 5) is 12.0. The van der Waals surface area contributed by atoms with Gasteiger partial charge in [0.05, 0.1) is 18.8 Å². The molecule has 0 heterocycles. The first-order valence-electron chi connectivity index (χ1n) is 8.44. The first-order valence-corrected chi connectivity index (χ1v) is 8.44. The Kier molecular flexibility index (Phi) is 6.86. The minimum absolute atomic E-state index is 0.0503. The lowest BCUT2D eigenvalue weighted by atomic mass is 9.88. The second-order valence-electron chi connectivity index (χ2n) is 6.58. The highest BCUT2D eigenvalue weighted by atomic mass is 16.5. The number of ether oxygens (including phenoxy) is 1. The maximum absolute atomic E-state index is 12.0. The number of hydrogen-bond donors (Lipinski definition) is 3. The van der Waals surface area contributed by atoms with Gasteiger partial charge in [0, 0.05) is 13.2 Å². The average Bonchev–Trinajstić information content (AvgIpc) is 2.53. The van der Waals surface area contributed by atoms with Crippen molar-refractivity contribution >= 4 is 6.03 Å². The van der Waals surface area contributed by atoms with E-state index in [9.17, 15) is 9.90 Å². The molecular formula is C18H28N2O3. The van der Waals surface area contributed by atoms with Crippen LogP contribution in [-0.2, 0) is 11.2 Å². The lowest BCUT2D eigenvalue weighted by molar-refractivity contribution is 0.0272. The number of carbonyl (C=O) groups excluding carboxylic acids is 1. The molecule has 0 spiro atoms. The van der Waals surface area contributed by atoms with Gasteiger partial charge in [-0.1, -0.05) is 38.1 Å². The van der Waals surface area contributed by atoms with E-state index in [1.165, 1.54) is 11.1 Å². The maximum Gasteiger partial charge on any atom is 0.315 e. The summed E-state index contributed by atoms with van der Waals surface area (Å²) in [6, 6.07) is 8.05. The van der Waals surface area contributed by atoms with E-state index in [0.717, 1.165) is 19.3 Å². The van der Waals surface area contributed by atoms with Gasteiger partial charge in [-0.15, -0.1) is 0 Å². The molecule has 2 unspecified atom stereocenters. The zero-order valence-electron chi connectivity index (χ0n) is 14.0. The molecule has 3 N–H and O–H groups in total. The summed E-state index contributed by atoms with van der Waals surface area (Å²) in [5, 5.41) is 15.5. The molecule has 0 saturated carbocycles. The molecule has 0 fully saturated rings. The molecule has 2 rings (SSSR count). The molecule has 2 atom stereocenters. The van der Waals surface area contributed by atoms with Crippen molar-refractivity contribution in [3.63, 3.8) is 0 Å². The van der Waals surface area contributed by atoms with Crippen LogP contribution in [0.15, 0.2) is 24.3 Å². The molecule has 2 amide bonds. The molecule has 128 valence electrons. The first-order chi connectivity index (χ1) is 11.1. The van der Waals surface area contributed by atoms with Crippen molar-refractivity contribution in [3.8, 4) is 0 Å². The van der Waals surface area contributed by atoms with Gasteiger partial charge in [-0.2, -0.15) is 0 Å². The maximum atomic E-state index is 12.0. The summed E-state index contributed by atoms with van der Waals surface area (Å²) in [5.74, 6) is 0.435. The number of aliphatic hydroxyl groups is 1. The minimum atomic E-state index is -0.682. The fourth-order valence-electron chi connectivity index (χ4n) is 2.82. The van der Waals surface area contributed by atoms with Crippen molar-refractivity contribution < 1.29 is 14.6 Å². The highest BCUT2D eigenvalue weighted by molar-refractivity contribution is 5.74. The smallest absolute Gasteiger partial charge is 0.315 e. The molecule has 0 aromatic heterocycles. The highest BCUT2D eigenvalue weighted by Crippen LogP contribution is 2.29. The minimum Gasteiger partial charge on any atom is -0.389 e. The molecule has 1 aromatic carbocycles. The lowest BCUT2D eigenvalue weighted by Gasteiger charge is -2.26. The molecule has 0 radical (unpaired) electrons. The summed E-state index contributed by atoms with van der Waals surface area (Å²) in [7, 11) is 0. The molecule has 0 bridgehead atoms. The molecule has 0 aliphatic heterocycles. The quantitative estimate of drug-likeness (QED) is 0.722. The van der Waals surface area contributed by atoms with Crippen LogP contribution < -0.4 is 10.6 Å². The topological polar surface area (TPSA) is 70.6 Å². The summed E-state index contributed by atoms with van der Waals surface area (Å²) in [5.41, 5.74) is 2.51. The van der Waals surface area contributed by atoms with Gasteiger partial charge in [0.2, 0.25) is 0 Å². The van der Waals surface area contributed by atoms with Gasteiger partial charge in [0.15, 0.2) is 0 Å². The Hall–Kier alpha value is -1.59. The van der Waals surface area contributed by atoms with Gasteiger partial charge in [-0.3, -0.25) is 0 Å². The third kappa shape index (κ3) is 5.84. The fourth-order valence-corrected chi connectivity index (χ4v) is 2.82. The van der Waals surface area contributed by atoms with Gasteiger partial charge in [0.1, 0.15) is 0 Å². The number of hydrogen-bond acceptors (Lipinski definition) is 3. The van der Waals surface area contributed by atoms with E-state index in [1.807, 2.05) is 12.1 Å². The SMILES string of the molecule is CC(C)COCC(O)CNC(=O)NC1CCCc2ccccc21. The number of amides is 2. The summed E-state index contributed by atoms with van der Waals surface area (Å²) >= 11 is 0. The van der Waals surface area contributed by atoms with Crippen LogP contribution in [0.3, 0.4) is 0 Å². The molecule has 1 aliphatic rings. The van der Waals surface area contributed by atoms with Crippen LogP contribution >= 0.6 is 0 Å². The Bertz CT molecular complexity index is 505. The Morgan fingerprint density at radius 3 is 2.91 bits per heavy atom. The van der Waals surface area contributed by atoms with Crippen molar-refractivity contribution in [2.45, 2.75) is 45.3 Å². The van der Waals surface area contributed by atoms with E-state index in [0.29, 0.717) is 12.5 Å². The Morgan fingerprint density at radius 2 is 2.13 bits per heavy atom. The van der Waals surface area contributed by atoms with Crippen LogP contribution in [0.4, 0.5) is 4.79 Å². The van der Waals surface area contributed by atoms with Crippen molar-refractivity contribution in [1.82, 2.24) is 10.6 Å². The largest absolute Gasteiger partial charge is 0.389 e. The van der Waals surface area contributed by atoms with E-state index in [4.69, 9.17) is 4.74 Å². The van der Waals surface area contributed by atoms with E-state index < -0.39 is 6.10 Å². The van der Waals surface area contributed by atoms with Crippen LogP contribution in [0.2, 0.25) is 0 Å². The number of benzene rings is 1. The van der Waals surface area contributed by atoms with Gasteiger partial charge < -0.3 is 20.5 Å². The zero-order chi connectivity index (χ0) is 16.7. The van der Waals surface area contributed by atoms with E-state index in [-0.39, 0.29) is 25.2 Å². The average molecular weight is 320 g/mol. The molecule has 5 nitrogen and oxygen atoms in total. The fraction of sp³-hybridized carbons (Fsp3) is 0.611. The van der Waals surface area contributed by atoms with Crippen LogP contribution in [0.25, 0.3) is 0 Å². The third-order valence-electron chi connectivity index (χ3n) is 3.93. The summed E-state index contributed by atoms with van der Waals surface area (Å²) < 4.78 is 5.36. The van der Waals surface area contributed by atoms with Gasteiger partial charge in [-0.05, 0) is 36.3 Å². The Morgan fingerprint density at radius 1 is 1.35 bits per heavy atom. The molecule has 1 aromatic rings.